The number of likely N-dealkylation sites (tertiary alicyclic amines) is 1. The van der Waals surface area contributed by atoms with Crippen molar-refractivity contribution < 1.29 is 14.7 Å². The first-order chi connectivity index (χ1) is 9.45. The van der Waals surface area contributed by atoms with E-state index in [1.807, 2.05) is 0 Å². The number of carboxylic acid groups (broad SMARTS) is 1. The van der Waals surface area contributed by atoms with E-state index in [4.69, 9.17) is 5.11 Å². The predicted molar refractivity (Wildman–Crippen MR) is 74.6 cm³/mol. The van der Waals surface area contributed by atoms with E-state index in [-0.39, 0.29) is 18.4 Å². The van der Waals surface area contributed by atoms with Crippen molar-refractivity contribution in [3.05, 3.63) is 0 Å². The van der Waals surface area contributed by atoms with Gasteiger partial charge in [-0.3, -0.25) is 9.69 Å². The zero-order valence-corrected chi connectivity index (χ0v) is 12.2. The number of carbonyl (C=O) groups is 2. The summed E-state index contributed by atoms with van der Waals surface area (Å²) in [5, 5.41) is 11.6. The molecule has 0 saturated carbocycles. The van der Waals surface area contributed by atoms with E-state index in [0.29, 0.717) is 25.7 Å². The topological polar surface area (TPSA) is 76.1 Å². The second-order valence-electron chi connectivity index (χ2n) is 5.95. The average molecular weight is 284 g/mol. The molecule has 0 radical (unpaired) electrons. The molecular formula is C13H24N4O3. The van der Waals surface area contributed by atoms with Gasteiger partial charge in [0.15, 0.2) is 0 Å². The lowest BCUT2D eigenvalue weighted by Gasteiger charge is -2.40. The Morgan fingerprint density at radius 2 is 1.90 bits per heavy atom. The summed E-state index contributed by atoms with van der Waals surface area (Å²) in [5.74, 6) is -0.677. The Morgan fingerprint density at radius 3 is 2.55 bits per heavy atom. The Morgan fingerprint density at radius 1 is 1.20 bits per heavy atom. The van der Waals surface area contributed by atoms with Crippen LogP contribution in [0.4, 0.5) is 4.79 Å². The molecule has 2 rings (SSSR count). The quantitative estimate of drug-likeness (QED) is 0.717. The molecule has 2 heterocycles. The monoisotopic (exact) mass is 284 g/mol. The summed E-state index contributed by atoms with van der Waals surface area (Å²) < 4.78 is 0. The third kappa shape index (κ3) is 3.83. The molecule has 0 spiro atoms. The van der Waals surface area contributed by atoms with Crippen molar-refractivity contribution >= 4 is 12.0 Å². The molecular weight excluding hydrogens is 260 g/mol. The van der Waals surface area contributed by atoms with Crippen LogP contribution in [-0.4, -0.2) is 91.2 Å². The Labute approximate surface area is 119 Å². The van der Waals surface area contributed by atoms with Gasteiger partial charge in [0, 0.05) is 51.2 Å². The molecule has 114 valence electrons. The van der Waals surface area contributed by atoms with Crippen LogP contribution in [0.1, 0.15) is 6.42 Å². The van der Waals surface area contributed by atoms with Crippen LogP contribution in [0.2, 0.25) is 0 Å². The lowest BCUT2D eigenvalue weighted by molar-refractivity contribution is -0.139. The smallest absolute Gasteiger partial charge is 0.317 e. The number of piperazine rings is 1. The normalized spacial score (nSPS) is 25.3. The summed E-state index contributed by atoms with van der Waals surface area (Å²) in [5.41, 5.74) is 0. The van der Waals surface area contributed by atoms with Gasteiger partial charge in [0.25, 0.3) is 0 Å². The van der Waals surface area contributed by atoms with Crippen molar-refractivity contribution in [2.45, 2.75) is 12.5 Å². The van der Waals surface area contributed by atoms with Crippen LogP contribution in [0, 0.1) is 5.92 Å². The van der Waals surface area contributed by atoms with Gasteiger partial charge < -0.3 is 20.2 Å². The van der Waals surface area contributed by atoms with Gasteiger partial charge in [0.05, 0.1) is 6.42 Å². The highest BCUT2D eigenvalue weighted by Gasteiger charge is 2.32. The fraction of sp³-hybridized carbons (Fsp3) is 0.846. The maximum Gasteiger partial charge on any atom is 0.317 e. The number of nitrogens with one attached hydrogen (secondary N) is 1. The van der Waals surface area contributed by atoms with Crippen LogP contribution in [0.5, 0.6) is 0 Å². The predicted octanol–water partition coefficient (Wildman–Crippen LogP) is -0.652. The molecule has 7 heteroatoms. The number of nitrogens with zero attached hydrogens (tertiary/aromatic N) is 3. The number of amides is 2. The van der Waals surface area contributed by atoms with Crippen LogP contribution in [-0.2, 0) is 4.79 Å². The number of rotatable bonds is 4. The number of urea groups is 1. The summed E-state index contributed by atoms with van der Waals surface area (Å²) in [6.07, 6.45) is 0.153. The van der Waals surface area contributed by atoms with Crippen LogP contribution in [0.25, 0.3) is 0 Å². The number of carboxylic acids is 1. The first kappa shape index (κ1) is 15.1. The largest absolute Gasteiger partial charge is 0.481 e. The van der Waals surface area contributed by atoms with E-state index >= 15 is 0 Å². The van der Waals surface area contributed by atoms with Crippen molar-refractivity contribution in [1.82, 2.24) is 20.0 Å². The molecule has 2 aliphatic heterocycles. The van der Waals surface area contributed by atoms with Gasteiger partial charge in [0.2, 0.25) is 0 Å². The lowest BCUT2D eigenvalue weighted by Crippen LogP contribution is -2.58. The standard InChI is InChI=1S/C13H24N4O3/c1-15-3-4-16(2)11(9-15)6-14-13(20)17-7-10(8-17)5-12(18)19/h10-11H,3-9H2,1-2H3,(H,14,20)(H,18,19). The van der Waals surface area contributed by atoms with Gasteiger partial charge in [-0.05, 0) is 14.1 Å². The SMILES string of the molecule is CN1CCN(C)C(CNC(=O)N2CC(CC(=O)O)C2)C1. The van der Waals surface area contributed by atoms with Gasteiger partial charge in [-0.2, -0.15) is 0 Å². The maximum absolute atomic E-state index is 11.9. The van der Waals surface area contributed by atoms with Crippen molar-refractivity contribution in [3.8, 4) is 0 Å². The Hall–Kier alpha value is -1.34. The Balaban J connectivity index is 1.67. The van der Waals surface area contributed by atoms with Crippen LogP contribution in [0.15, 0.2) is 0 Å². The summed E-state index contributed by atoms with van der Waals surface area (Å²) >= 11 is 0. The average Bonchev–Trinajstić information content (AvgIpc) is 2.33. The third-order valence-electron chi connectivity index (χ3n) is 4.18. The molecule has 0 aromatic heterocycles. The van der Waals surface area contributed by atoms with Crippen LogP contribution < -0.4 is 5.32 Å². The molecule has 2 amide bonds. The molecule has 7 nitrogen and oxygen atoms in total. The highest BCUT2D eigenvalue weighted by Crippen LogP contribution is 2.18. The summed E-state index contributed by atoms with van der Waals surface area (Å²) in [6, 6.07) is 0.266. The summed E-state index contributed by atoms with van der Waals surface area (Å²) in [4.78, 5) is 28.7. The molecule has 0 aliphatic carbocycles. The molecule has 2 aliphatic rings. The number of carbonyl (C=O) groups excluding carboxylic acids is 1. The minimum absolute atomic E-state index is 0.0757. The molecule has 0 aromatic carbocycles. The zero-order chi connectivity index (χ0) is 14.7. The molecule has 0 bridgehead atoms. The summed E-state index contributed by atoms with van der Waals surface area (Å²) in [6.45, 7) is 4.78. The molecule has 2 fully saturated rings. The maximum atomic E-state index is 11.9. The van der Waals surface area contributed by atoms with Gasteiger partial charge >= 0.3 is 12.0 Å². The van der Waals surface area contributed by atoms with E-state index in [0.717, 1.165) is 19.6 Å². The van der Waals surface area contributed by atoms with Gasteiger partial charge in [-0.1, -0.05) is 0 Å². The van der Waals surface area contributed by atoms with Crippen molar-refractivity contribution in [2.75, 3.05) is 53.4 Å². The van der Waals surface area contributed by atoms with Crippen molar-refractivity contribution in [1.29, 1.82) is 0 Å². The third-order valence-corrected chi connectivity index (χ3v) is 4.18. The van der Waals surface area contributed by atoms with Crippen LogP contribution >= 0.6 is 0 Å². The number of hydrogen-bond donors (Lipinski definition) is 2. The minimum Gasteiger partial charge on any atom is -0.481 e. The zero-order valence-electron chi connectivity index (χ0n) is 12.2. The molecule has 2 N–H and O–H groups in total. The molecule has 1 unspecified atom stereocenters. The summed E-state index contributed by atoms with van der Waals surface area (Å²) in [7, 11) is 4.17. The van der Waals surface area contributed by atoms with Crippen molar-refractivity contribution in [3.63, 3.8) is 0 Å². The van der Waals surface area contributed by atoms with E-state index in [1.54, 1.807) is 4.90 Å². The van der Waals surface area contributed by atoms with Crippen LogP contribution in [0.3, 0.4) is 0 Å². The van der Waals surface area contributed by atoms with E-state index in [1.165, 1.54) is 0 Å². The Bertz CT molecular complexity index is 371. The first-order valence-electron chi connectivity index (χ1n) is 7.09. The number of likely N-dealkylation sites (N-methyl/N-ethyl adjacent to an activating group) is 2. The molecule has 0 aromatic rings. The van der Waals surface area contributed by atoms with Gasteiger partial charge in [-0.25, -0.2) is 4.79 Å². The first-order valence-corrected chi connectivity index (χ1v) is 7.09. The van der Waals surface area contributed by atoms with E-state index in [9.17, 15) is 9.59 Å². The number of hydrogen-bond acceptors (Lipinski definition) is 4. The molecule has 20 heavy (non-hydrogen) atoms. The van der Waals surface area contributed by atoms with Gasteiger partial charge in [0.1, 0.15) is 0 Å². The second-order valence-corrected chi connectivity index (χ2v) is 5.95. The highest BCUT2D eigenvalue weighted by atomic mass is 16.4. The second kappa shape index (κ2) is 6.41. The number of aliphatic carboxylic acids is 1. The highest BCUT2D eigenvalue weighted by molar-refractivity contribution is 5.75. The molecule has 1 atom stereocenters. The minimum atomic E-state index is -0.790. The van der Waals surface area contributed by atoms with Gasteiger partial charge in [-0.15, -0.1) is 0 Å². The Kier molecular flexibility index (Phi) is 4.82. The fourth-order valence-electron chi connectivity index (χ4n) is 2.75. The van der Waals surface area contributed by atoms with E-state index in [2.05, 4.69) is 29.2 Å². The lowest BCUT2D eigenvalue weighted by atomic mass is 9.97. The van der Waals surface area contributed by atoms with Crippen molar-refractivity contribution in [2.24, 2.45) is 5.92 Å². The fourth-order valence-corrected chi connectivity index (χ4v) is 2.75. The molecule has 2 saturated heterocycles. The van der Waals surface area contributed by atoms with E-state index < -0.39 is 5.97 Å².